The van der Waals surface area contributed by atoms with Gasteiger partial charge in [-0.15, -0.1) is 11.3 Å². The van der Waals surface area contributed by atoms with E-state index in [4.69, 9.17) is 4.74 Å². The molecule has 9 heteroatoms. The van der Waals surface area contributed by atoms with Gasteiger partial charge in [-0.1, -0.05) is 0 Å². The molecule has 0 aliphatic heterocycles. The normalized spacial score (nSPS) is 10.8. The van der Waals surface area contributed by atoms with Gasteiger partial charge in [0.15, 0.2) is 0 Å². The van der Waals surface area contributed by atoms with Crippen molar-refractivity contribution in [3.8, 4) is 0 Å². The van der Waals surface area contributed by atoms with Crippen LogP contribution in [0.25, 0.3) is 0 Å². The minimum Gasteiger partial charge on any atom is -0.465 e. The molecular weight excluding hydrogens is 352 g/mol. The smallest absolute Gasteiger partial charge is 0.407 e. The number of ether oxygens (including phenoxy) is 2. The summed E-state index contributed by atoms with van der Waals surface area (Å²) in [6.45, 7) is 5.77. The van der Waals surface area contributed by atoms with Crippen LogP contribution in [0.15, 0.2) is 11.4 Å². The molecule has 0 spiro atoms. The van der Waals surface area contributed by atoms with Crippen LogP contribution in [0, 0.1) is 0 Å². The topological polar surface area (TPSA) is 93.7 Å². The molecule has 0 unspecified atom stereocenters. The van der Waals surface area contributed by atoms with Crippen LogP contribution in [0.1, 0.15) is 30.4 Å². The van der Waals surface area contributed by atoms with Crippen molar-refractivity contribution < 1.29 is 23.9 Å². The van der Waals surface area contributed by atoms with E-state index in [9.17, 15) is 14.4 Å². The number of esters is 1. The van der Waals surface area contributed by atoms with E-state index in [0.29, 0.717) is 22.9 Å². The van der Waals surface area contributed by atoms with E-state index in [1.165, 1.54) is 30.2 Å². The van der Waals surface area contributed by atoms with Gasteiger partial charge in [-0.3, -0.25) is 4.79 Å². The summed E-state index contributed by atoms with van der Waals surface area (Å²) in [6, 6.07) is 1.66. The summed E-state index contributed by atoms with van der Waals surface area (Å²) >= 11 is 2.57. The number of hydrogen-bond acceptors (Lipinski definition) is 7. The van der Waals surface area contributed by atoms with Crippen molar-refractivity contribution in [1.82, 2.24) is 5.32 Å². The number of methoxy groups -OCH3 is 1. The zero-order valence-electron chi connectivity index (χ0n) is 14.1. The van der Waals surface area contributed by atoms with Gasteiger partial charge >= 0.3 is 12.1 Å². The first-order valence-corrected chi connectivity index (χ1v) is 9.26. The molecular formula is C15H22N2O5S2. The molecule has 0 aliphatic carbocycles. The highest BCUT2D eigenvalue weighted by Gasteiger charge is 2.16. The van der Waals surface area contributed by atoms with Gasteiger partial charge in [0.05, 0.1) is 18.6 Å². The Morgan fingerprint density at radius 3 is 2.62 bits per heavy atom. The first-order valence-electron chi connectivity index (χ1n) is 7.23. The number of amides is 2. The van der Waals surface area contributed by atoms with Crippen molar-refractivity contribution in [2.75, 3.05) is 30.5 Å². The van der Waals surface area contributed by atoms with Crippen LogP contribution in [-0.4, -0.2) is 48.7 Å². The molecule has 0 aromatic carbocycles. The molecule has 2 N–H and O–H groups in total. The minimum atomic E-state index is -0.533. The van der Waals surface area contributed by atoms with Crippen molar-refractivity contribution in [3.63, 3.8) is 0 Å². The average molecular weight is 374 g/mol. The quantitative estimate of drug-likeness (QED) is 0.563. The minimum absolute atomic E-state index is 0.215. The second-order valence-corrected chi connectivity index (χ2v) is 7.71. The van der Waals surface area contributed by atoms with Crippen molar-refractivity contribution in [2.24, 2.45) is 0 Å². The molecule has 0 radical (unpaired) electrons. The predicted molar refractivity (Wildman–Crippen MR) is 95.8 cm³/mol. The van der Waals surface area contributed by atoms with Crippen LogP contribution in [-0.2, 0) is 14.3 Å². The standard InChI is InChI=1S/C15H22N2O5S2/c1-15(2,3)22-14(20)16-6-8-23-9-11(18)17-10-5-7-24-12(10)13(19)21-4/h5,7H,6,8-9H2,1-4H3,(H,16,20)(H,17,18). The molecule has 0 bridgehead atoms. The highest BCUT2D eigenvalue weighted by atomic mass is 32.2. The van der Waals surface area contributed by atoms with Crippen LogP contribution in [0.4, 0.5) is 10.5 Å². The maximum absolute atomic E-state index is 11.9. The van der Waals surface area contributed by atoms with Gasteiger partial charge in [-0.25, -0.2) is 9.59 Å². The van der Waals surface area contributed by atoms with E-state index in [0.717, 1.165) is 0 Å². The fourth-order valence-corrected chi connectivity index (χ4v) is 2.96. The Morgan fingerprint density at radius 2 is 2.00 bits per heavy atom. The van der Waals surface area contributed by atoms with Crippen LogP contribution < -0.4 is 10.6 Å². The summed E-state index contributed by atoms with van der Waals surface area (Å²) in [5, 5.41) is 7.00. The number of hydrogen-bond donors (Lipinski definition) is 2. The lowest BCUT2D eigenvalue weighted by Crippen LogP contribution is -2.33. The van der Waals surface area contributed by atoms with Crippen LogP contribution in [0.2, 0.25) is 0 Å². The highest BCUT2D eigenvalue weighted by Crippen LogP contribution is 2.23. The van der Waals surface area contributed by atoms with Gasteiger partial charge in [0.25, 0.3) is 0 Å². The number of thiophene rings is 1. The third kappa shape index (κ3) is 7.69. The second-order valence-electron chi connectivity index (χ2n) is 5.68. The molecule has 1 rings (SSSR count). The Morgan fingerprint density at radius 1 is 1.29 bits per heavy atom. The third-order valence-corrected chi connectivity index (χ3v) is 4.31. The first-order chi connectivity index (χ1) is 11.2. The van der Waals surface area contributed by atoms with Crippen LogP contribution >= 0.6 is 23.1 Å². The summed E-state index contributed by atoms with van der Waals surface area (Å²) in [5.41, 5.74) is -0.0843. The molecule has 1 heterocycles. The van der Waals surface area contributed by atoms with Crippen molar-refractivity contribution in [3.05, 3.63) is 16.3 Å². The van der Waals surface area contributed by atoms with E-state index >= 15 is 0 Å². The summed E-state index contributed by atoms with van der Waals surface area (Å²) in [5.74, 6) is 0.0856. The molecule has 134 valence electrons. The lowest BCUT2D eigenvalue weighted by molar-refractivity contribution is -0.113. The van der Waals surface area contributed by atoms with E-state index in [-0.39, 0.29) is 11.7 Å². The number of thioether (sulfide) groups is 1. The van der Waals surface area contributed by atoms with E-state index < -0.39 is 17.7 Å². The zero-order valence-corrected chi connectivity index (χ0v) is 15.8. The van der Waals surface area contributed by atoms with Gasteiger partial charge in [-0.2, -0.15) is 11.8 Å². The average Bonchev–Trinajstić information content (AvgIpc) is 2.92. The maximum Gasteiger partial charge on any atom is 0.407 e. The summed E-state index contributed by atoms with van der Waals surface area (Å²) in [4.78, 5) is 35.2. The molecule has 7 nitrogen and oxygen atoms in total. The van der Waals surface area contributed by atoms with Gasteiger partial charge in [0.2, 0.25) is 5.91 Å². The van der Waals surface area contributed by atoms with Crippen LogP contribution in [0.3, 0.4) is 0 Å². The van der Waals surface area contributed by atoms with Crippen molar-refractivity contribution >= 4 is 46.8 Å². The summed E-state index contributed by atoms with van der Waals surface area (Å²) < 4.78 is 9.75. The zero-order chi connectivity index (χ0) is 18.2. The third-order valence-electron chi connectivity index (χ3n) is 2.46. The lowest BCUT2D eigenvalue weighted by atomic mass is 10.2. The molecule has 0 atom stereocenters. The fraction of sp³-hybridized carbons (Fsp3) is 0.533. The van der Waals surface area contributed by atoms with Gasteiger partial charge in [-0.05, 0) is 32.2 Å². The molecule has 0 fully saturated rings. The fourth-order valence-electron chi connectivity index (χ4n) is 1.55. The molecule has 24 heavy (non-hydrogen) atoms. The summed E-state index contributed by atoms with van der Waals surface area (Å²) in [7, 11) is 1.29. The second kappa shape index (κ2) is 9.53. The lowest BCUT2D eigenvalue weighted by Gasteiger charge is -2.19. The predicted octanol–water partition coefficient (Wildman–Crippen LogP) is 2.73. The van der Waals surface area contributed by atoms with Crippen molar-refractivity contribution in [2.45, 2.75) is 26.4 Å². The monoisotopic (exact) mass is 374 g/mol. The first kappa shape index (κ1) is 20.3. The Labute approximate surface area is 149 Å². The molecule has 1 aromatic rings. The SMILES string of the molecule is COC(=O)c1sccc1NC(=O)CSCCNC(=O)OC(C)(C)C. The molecule has 1 aromatic heterocycles. The van der Waals surface area contributed by atoms with Gasteiger partial charge < -0.3 is 20.1 Å². The Hall–Kier alpha value is -1.74. The number of anilines is 1. The Kier molecular flexibility index (Phi) is 8.06. The molecule has 2 amide bonds. The summed E-state index contributed by atoms with van der Waals surface area (Å²) in [6.07, 6.45) is -0.478. The number of alkyl carbamates (subject to hydrolysis) is 1. The van der Waals surface area contributed by atoms with E-state index in [1.807, 2.05) is 0 Å². The molecule has 0 aliphatic rings. The number of nitrogens with one attached hydrogen (secondary N) is 2. The molecule has 0 saturated heterocycles. The molecule has 0 saturated carbocycles. The van der Waals surface area contributed by atoms with E-state index in [1.54, 1.807) is 32.2 Å². The van der Waals surface area contributed by atoms with Gasteiger partial charge in [0, 0.05) is 12.3 Å². The Bertz CT molecular complexity index is 581. The van der Waals surface area contributed by atoms with E-state index in [2.05, 4.69) is 15.4 Å². The highest BCUT2D eigenvalue weighted by molar-refractivity contribution is 7.99. The number of carbonyl (C=O) groups excluding carboxylic acids is 3. The van der Waals surface area contributed by atoms with Crippen LogP contribution in [0.5, 0.6) is 0 Å². The van der Waals surface area contributed by atoms with Crippen molar-refractivity contribution in [1.29, 1.82) is 0 Å². The largest absolute Gasteiger partial charge is 0.465 e. The maximum atomic E-state index is 11.9. The number of carbonyl (C=O) groups is 3. The number of rotatable bonds is 7. The Balaban J connectivity index is 2.25. The van der Waals surface area contributed by atoms with Gasteiger partial charge in [0.1, 0.15) is 10.5 Å².